The molecule has 4 atom stereocenters. The van der Waals surface area contributed by atoms with Crippen molar-refractivity contribution in [2.75, 3.05) is 0 Å². The first-order valence-electron chi connectivity index (χ1n) is 7.07. The van der Waals surface area contributed by atoms with E-state index in [4.69, 9.17) is 24.3 Å². The summed E-state index contributed by atoms with van der Waals surface area (Å²) in [5, 5.41) is 10.1. The lowest BCUT2D eigenvalue weighted by Gasteiger charge is -2.24. The van der Waals surface area contributed by atoms with Crippen molar-refractivity contribution in [1.82, 2.24) is 9.55 Å². The highest BCUT2D eigenvalue weighted by molar-refractivity contribution is 7.46. The van der Waals surface area contributed by atoms with Gasteiger partial charge >= 0.3 is 21.3 Å². The van der Waals surface area contributed by atoms with Crippen molar-refractivity contribution in [3.05, 3.63) is 32.6 Å². The number of hydrogen-bond donors (Lipinski definition) is 6. The van der Waals surface area contributed by atoms with E-state index >= 15 is 0 Å². The van der Waals surface area contributed by atoms with Gasteiger partial charge in [0.15, 0.2) is 0 Å². The molecular weight excluding hydrogens is 418 g/mol. The molecule has 1 saturated heterocycles. The molecule has 0 amide bonds. The molecule has 0 saturated carbocycles. The molecule has 2 rings (SSSR count). The van der Waals surface area contributed by atoms with Crippen LogP contribution < -0.4 is 11.2 Å². The molecule has 0 bridgehead atoms. The average Bonchev–Trinajstić information content (AvgIpc) is 2.87. The summed E-state index contributed by atoms with van der Waals surface area (Å²) in [6.45, 7) is 1.40. The molecule has 15 nitrogen and oxygen atoms in total. The number of aromatic amines is 1. The molecule has 154 valence electrons. The molecule has 0 aromatic carbocycles. The predicted octanol–water partition coefficient (Wildman–Crippen LogP) is -2.03. The molecule has 1 aromatic rings. The molecule has 17 heteroatoms. The van der Waals surface area contributed by atoms with Gasteiger partial charge in [-0.05, 0) is 6.92 Å². The normalized spacial score (nSPS) is 24.9. The monoisotopic (exact) mass is 434 g/mol. The van der Waals surface area contributed by atoms with Crippen molar-refractivity contribution < 1.29 is 52.6 Å². The maximum atomic E-state index is 11.9. The summed E-state index contributed by atoms with van der Waals surface area (Å²) in [5.74, 6) is 0. The number of aliphatic hydroxyl groups is 1. The summed E-state index contributed by atoms with van der Waals surface area (Å²) in [4.78, 5) is 64.5. The molecule has 0 aliphatic carbocycles. The highest BCUT2D eigenvalue weighted by Crippen LogP contribution is 2.44. The van der Waals surface area contributed by atoms with Crippen molar-refractivity contribution in [3.8, 4) is 0 Å². The fourth-order valence-corrected chi connectivity index (χ4v) is 2.88. The zero-order chi connectivity index (χ0) is 20.6. The molecular formula is C10H16N2O13P2. The van der Waals surface area contributed by atoms with Crippen molar-refractivity contribution in [2.24, 2.45) is 0 Å². The molecule has 6 N–H and O–H groups in total. The fourth-order valence-electron chi connectivity index (χ4n) is 2.26. The van der Waals surface area contributed by atoms with Gasteiger partial charge in [0.05, 0.1) is 6.10 Å². The number of nitrogens with zero attached hydrogens (tertiary/aromatic N) is 1. The highest BCUT2D eigenvalue weighted by Gasteiger charge is 2.45. The summed E-state index contributed by atoms with van der Waals surface area (Å²) in [6, 6.07) is 0. The van der Waals surface area contributed by atoms with Crippen LogP contribution in [0.15, 0.2) is 15.8 Å². The van der Waals surface area contributed by atoms with Crippen LogP contribution >= 0.6 is 15.6 Å². The van der Waals surface area contributed by atoms with Crippen LogP contribution in [-0.4, -0.2) is 52.7 Å². The number of aliphatic hydroxyl groups excluding tert-OH is 1. The van der Waals surface area contributed by atoms with E-state index in [-0.39, 0.29) is 12.0 Å². The first-order valence-corrected chi connectivity index (χ1v) is 10.1. The SMILES string of the molecule is Cc1cn([C@H]2C[C@H](O)[C@@H](C(OOP(=O)(O)O)OP(=O)(O)O)O2)c(=O)[nH]c1=O. The van der Waals surface area contributed by atoms with Crippen LogP contribution in [0.2, 0.25) is 0 Å². The smallest absolute Gasteiger partial charge is 0.390 e. The molecule has 0 spiro atoms. The van der Waals surface area contributed by atoms with E-state index in [0.717, 1.165) is 10.8 Å². The number of aryl methyl sites for hydroxylation is 1. The summed E-state index contributed by atoms with van der Waals surface area (Å²) < 4.78 is 35.8. The van der Waals surface area contributed by atoms with Crippen LogP contribution in [0.3, 0.4) is 0 Å². The Bertz CT molecular complexity index is 884. The Labute approximate surface area is 149 Å². The number of phosphoric ester groups is 1. The van der Waals surface area contributed by atoms with Gasteiger partial charge in [-0.1, -0.05) is 0 Å². The molecule has 27 heavy (non-hydrogen) atoms. The van der Waals surface area contributed by atoms with Gasteiger partial charge in [0.25, 0.3) is 5.56 Å². The third-order valence-electron chi connectivity index (χ3n) is 3.34. The largest absolute Gasteiger partial charge is 0.496 e. The number of phosphoric acid groups is 2. The Hall–Kier alpha value is -1.22. The van der Waals surface area contributed by atoms with E-state index in [2.05, 4.69) is 14.1 Å². The van der Waals surface area contributed by atoms with Gasteiger partial charge in [-0.2, -0.15) is 4.89 Å². The van der Waals surface area contributed by atoms with Crippen LogP contribution in [0.1, 0.15) is 18.2 Å². The second kappa shape index (κ2) is 8.03. The first kappa shape index (κ1) is 22.1. The van der Waals surface area contributed by atoms with Crippen molar-refractivity contribution in [2.45, 2.75) is 38.1 Å². The molecule has 2 heterocycles. The minimum Gasteiger partial charge on any atom is -0.390 e. The Balaban J connectivity index is 2.26. The third kappa shape index (κ3) is 6.14. The topological polar surface area (TPSA) is 227 Å². The van der Waals surface area contributed by atoms with Crippen LogP contribution in [-0.2, 0) is 28.0 Å². The standard InChI is InChI=1S/C10H16N2O13P2/c1-4-3-12(10(15)11-8(4)14)6-2-5(13)7(22-6)9(24-26(16,17)18)23-25-27(19,20)21/h3,5-7,9,13H,2H2,1H3,(H,11,14,15)(H2,16,17,18)(H2,19,20,21)/t5-,6+,7-,9?/m0/s1. The number of ether oxygens (including phenoxy) is 1. The van der Waals surface area contributed by atoms with Gasteiger partial charge in [0.2, 0.25) is 6.29 Å². The van der Waals surface area contributed by atoms with E-state index in [9.17, 15) is 23.8 Å². The zero-order valence-electron chi connectivity index (χ0n) is 13.4. The van der Waals surface area contributed by atoms with Gasteiger partial charge < -0.3 is 29.4 Å². The van der Waals surface area contributed by atoms with Crippen LogP contribution in [0.25, 0.3) is 0 Å². The second-order valence-electron chi connectivity index (χ2n) is 5.46. The lowest BCUT2D eigenvalue weighted by atomic mass is 10.2. The molecule has 1 fully saturated rings. The van der Waals surface area contributed by atoms with Gasteiger partial charge in [-0.3, -0.25) is 18.9 Å². The van der Waals surface area contributed by atoms with Crippen molar-refractivity contribution >= 4 is 15.6 Å². The quantitative estimate of drug-likeness (QED) is 0.118. The van der Waals surface area contributed by atoms with E-state index in [1.54, 1.807) is 0 Å². The summed E-state index contributed by atoms with van der Waals surface area (Å²) >= 11 is 0. The van der Waals surface area contributed by atoms with Gasteiger partial charge in [0.1, 0.15) is 12.3 Å². The summed E-state index contributed by atoms with van der Waals surface area (Å²) in [5.41, 5.74) is -1.39. The Morgan fingerprint density at radius 3 is 2.44 bits per heavy atom. The fraction of sp³-hybridized carbons (Fsp3) is 0.600. The lowest BCUT2D eigenvalue weighted by Crippen LogP contribution is -2.38. The minimum absolute atomic E-state index is 0.139. The lowest BCUT2D eigenvalue weighted by molar-refractivity contribution is -0.338. The van der Waals surface area contributed by atoms with Gasteiger partial charge in [-0.25, -0.2) is 13.9 Å². The number of aromatic nitrogens is 2. The molecule has 1 unspecified atom stereocenters. The van der Waals surface area contributed by atoms with Crippen LogP contribution in [0, 0.1) is 6.92 Å². The minimum atomic E-state index is -5.26. The second-order valence-corrected chi connectivity index (χ2v) is 7.78. The van der Waals surface area contributed by atoms with E-state index < -0.39 is 51.6 Å². The zero-order valence-corrected chi connectivity index (χ0v) is 15.2. The predicted molar refractivity (Wildman–Crippen MR) is 81.7 cm³/mol. The van der Waals surface area contributed by atoms with E-state index in [1.807, 2.05) is 4.98 Å². The first-order chi connectivity index (χ1) is 12.3. The summed E-state index contributed by atoms with van der Waals surface area (Å²) in [7, 11) is -10.5. The Morgan fingerprint density at radius 2 is 1.89 bits per heavy atom. The highest BCUT2D eigenvalue weighted by atomic mass is 31.2. The van der Waals surface area contributed by atoms with E-state index in [0.29, 0.717) is 0 Å². The van der Waals surface area contributed by atoms with Crippen molar-refractivity contribution in [1.29, 1.82) is 0 Å². The van der Waals surface area contributed by atoms with Gasteiger partial charge in [0, 0.05) is 18.2 Å². The number of hydrogen-bond acceptors (Lipinski definition) is 9. The van der Waals surface area contributed by atoms with E-state index in [1.165, 1.54) is 6.92 Å². The van der Waals surface area contributed by atoms with Gasteiger partial charge in [-0.15, -0.1) is 4.67 Å². The molecule has 1 aliphatic rings. The maximum Gasteiger partial charge on any atom is 0.496 e. The Kier molecular flexibility index (Phi) is 6.56. The number of nitrogens with one attached hydrogen (secondary N) is 1. The molecule has 0 radical (unpaired) electrons. The van der Waals surface area contributed by atoms with Crippen LogP contribution in [0.4, 0.5) is 0 Å². The Morgan fingerprint density at radius 1 is 1.26 bits per heavy atom. The number of H-pyrrole nitrogens is 1. The van der Waals surface area contributed by atoms with Crippen LogP contribution in [0.5, 0.6) is 0 Å². The summed E-state index contributed by atoms with van der Waals surface area (Å²) in [6.07, 6.45) is -5.92. The maximum absolute atomic E-state index is 11.9. The van der Waals surface area contributed by atoms with Crippen molar-refractivity contribution in [3.63, 3.8) is 0 Å². The molecule has 1 aromatic heterocycles. The number of rotatable bonds is 7. The third-order valence-corrected chi connectivity index (χ3v) is 4.10. The average molecular weight is 434 g/mol. The molecule has 1 aliphatic heterocycles.